The van der Waals surface area contributed by atoms with Crippen LogP contribution in [0.4, 0.5) is 0 Å². The van der Waals surface area contributed by atoms with Crippen molar-refractivity contribution in [3.8, 4) is 0 Å². The van der Waals surface area contributed by atoms with Gasteiger partial charge in [-0.25, -0.2) is 0 Å². The second-order valence-electron chi connectivity index (χ2n) is 3.77. The quantitative estimate of drug-likeness (QED) is 0.642. The monoisotopic (exact) mass is 236 g/mol. The largest absolute Gasteiger partial charge is 0.335 e. The van der Waals surface area contributed by atoms with Gasteiger partial charge in [0.15, 0.2) is 0 Å². The maximum Gasteiger partial charge on any atom is 0.236 e. The van der Waals surface area contributed by atoms with Crippen molar-refractivity contribution >= 4 is 18.3 Å². The van der Waals surface area contributed by atoms with Crippen LogP contribution >= 0.6 is 12.4 Å². The third kappa shape index (κ3) is 3.95. The molecule has 1 aliphatic heterocycles. The summed E-state index contributed by atoms with van der Waals surface area (Å²) in [5, 5.41) is 2.87. The molecule has 0 spiro atoms. The highest BCUT2D eigenvalue weighted by molar-refractivity contribution is 5.85. The summed E-state index contributed by atoms with van der Waals surface area (Å²) in [7, 11) is 3.84. The van der Waals surface area contributed by atoms with Crippen LogP contribution in [-0.2, 0) is 4.79 Å². The average Bonchev–Trinajstić information content (AvgIpc) is 2.17. The van der Waals surface area contributed by atoms with Crippen molar-refractivity contribution in [2.75, 3.05) is 46.8 Å². The fraction of sp³-hybridized carbons (Fsp3) is 0.889. The number of halogens is 1. The van der Waals surface area contributed by atoms with Gasteiger partial charge in [-0.3, -0.25) is 4.79 Å². The fourth-order valence-electron chi connectivity index (χ4n) is 1.79. The minimum absolute atomic E-state index is 0. The van der Waals surface area contributed by atoms with E-state index in [1.807, 2.05) is 4.90 Å². The summed E-state index contributed by atoms with van der Waals surface area (Å²) in [6.07, 6.45) is 0. The number of carbonyl (C=O) groups excluding carboxylic acids is 1. The predicted octanol–water partition coefficient (Wildman–Crippen LogP) is -1.27. The number of piperazine rings is 1. The van der Waals surface area contributed by atoms with Crippen molar-refractivity contribution in [1.82, 2.24) is 15.1 Å². The lowest BCUT2D eigenvalue weighted by molar-refractivity contribution is -0.134. The van der Waals surface area contributed by atoms with Crippen LogP contribution in [0.15, 0.2) is 0 Å². The molecule has 0 aromatic heterocycles. The number of nitrogens with zero attached hydrogens (tertiary/aromatic N) is 2. The number of carbonyl (C=O) groups is 1. The zero-order valence-electron chi connectivity index (χ0n) is 9.40. The van der Waals surface area contributed by atoms with Crippen LogP contribution in [0.5, 0.6) is 0 Å². The Morgan fingerprint density at radius 3 is 2.73 bits per heavy atom. The molecular weight excluding hydrogens is 216 g/mol. The molecule has 0 bridgehead atoms. The lowest BCUT2D eigenvalue weighted by Crippen LogP contribution is -2.58. The molecule has 0 aliphatic carbocycles. The van der Waals surface area contributed by atoms with Crippen LogP contribution in [0.1, 0.15) is 0 Å². The Labute approximate surface area is 97.4 Å². The van der Waals surface area contributed by atoms with E-state index >= 15 is 0 Å². The minimum atomic E-state index is 0. The first-order chi connectivity index (χ1) is 6.69. The molecule has 1 rings (SSSR count). The SMILES string of the molecule is CNCC(=O)N1CCN(C)CC1CN.Cl. The van der Waals surface area contributed by atoms with Crippen molar-refractivity contribution in [2.24, 2.45) is 5.73 Å². The molecule has 5 nitrogen and oxygen atoms in total. The van der Waals surface area contributed by atoms with E-state index in [2.05, 4.69) is 17.3 Å². The molecule has 1 fully saturated rings. The predicted molar refractivity (Wildman–Crippen MR) is 63.2 cm³/mol. The molecular formula is C9H21ClN4O. The van der Waals surface area contributed by atoms with Crippen LogP contribution in [0.2, 0.25) is 0 Å². The van der Waals surface area contributed by atoms with Crippen molar-refractivity contribution in [1.29, 1.82) is 0 Å². The van der Waals surface area contributed by atoms with Crippen LogP contribution in [0, 0.1) is 0 Å². The molecule has 3 N–H and O–H groups in total. The Kier molecular flexibility index (Phi) is 6.84. The number of likely N-dealkylation sites (N-methyl/N-ethyl adjacent to an activating group) is 2. The molecule has 0 aromatic carbocycles. The second kappa shape index (κ2) is 7.00. The van der Waals surface area contributed by atoms with E-state index in [0.29, 0.717) is 13.1 Å². The van der Waals surface area contributed by atoms with Crippen LogP contribution < -0.4 is 11.1 Å². The van der Waals surface area contributed by atoms with Gasteiger partial charge in [0.2, 0.25) is 5.91 Å². The van der Waals surface area contributed by atoms with E-state index in [0.717, 1.165) is 19.6 Å². The van der Waals surface area contributed by atoms with Crippen molar-refractivity contribution in [2.45, 2.75) is 6.04 Å². The Morgan fingerprint density at radius 1 is 1.53 bits per heavy atom. The van der Waals surface area contributed by atoms with Gasteiger partial charge in [0.25, 0.3) is 0 Å². The number of nitrogens with two attached hydrogens (primary N) is 1. The van der Waals surface area contributed by atoms with Gasteiger partial charge in [-0.15, -0.1) is 12.4 Å². The second-order valence-corrected chi connectivity index (χ2v) is 3.77. The molecule has 1 aliphatic rings. The summed E-state index contributed by atoms with van der Waals surface area (Å²) in [6, 6.07) is 0.176. The van der Waals surface area contributed by atoms with E-state index in [1.54, 1.807) is 7.05 Å². The highest BCUT2D eigenvalue weighted by Crippen LogP contribution is 2.07. The molecule has 0 saturated carbocycles. The fourth-order valence-corrected chi connectivity index (χ4v) is 1.79. The average molecular weight is 237 g/mol. The molecule has 1 unspecified atom stereocenters. The van der Waals surface area contributed by atoms with Gasteiger partial charge >= 0.3 is 0 Å². The van der Waals surface area contributed by atoms with E-state index < -0.39 is 0 Å². The molecule has 1 atom stereocenters. The van der Waals surface area contributed by atoms with Gasteiger partial charge in [-0.1, -0.05) is 0 Å². The number of hydrogen-bond acceptors (Lipinski definition) is 4. The third-order valence-corrected chi connectivity index (χ3v) is 2.61. The maximum absolute atomic E-state index is 11.7. The van der Waals surface area contributed by atoms with Gasteiger partial charge in [-0.05, 0) is 14.1 Å². The maximum atomic E-state index is 11.7. The highest BCUT2D eigenvalue weighted by Gasteiger charge is 2.27. The molecule has 15 heavy (non-hydrogen) atoms. The molecule has 90 valence electrons. The number of rotatable bonds is 3. The Hall–Kier alpha value is -0.360. The van der Waals surface area contributed by atoms with E-state index in [9.17, 15) is 4.79 Å². The Morgan fingerprint density at radius 2 is 2.20 bits per heavy atom. The molecule has 0 radical (unpaired) electrons. The highest BCUT2D eigenvalue weighted by atomic mass is 35.5. The first kappa shape index (κ1) is 14.6. The zero-order chi connectivity index (χ0) is 10.6. The van der Waals surface area contributed by atoms with Crippen LogP contribution in [0.25, 0.3) is 0 Å². The van der Waals surface area contributed by atoms with E-state index in [4.69, 9.17) is 5.73 Å². The van der Waals surface area contributed by atoms with Gasteiger partial charge in [0.1, 0.15) is 0 Å². The van der Waals surface area contributed by atoms with Gasteiger partial charge in [-0.2, -0.15) is 0 Å². The molecule has 1 saturated heterocycles. The standard InChI is InChI=1S/C9H20N4O.ClH/c1-11-6-9(14)13-4-3-12(2)7-8(13)5-10;/h8,11H,3-7,10H2,1-2H3;1H. The topological polar surface area (TPSA) is 61.6 Å². The van der Waals surface area contributed by atoms with Crippen molar-refractivity contribution in [3.63, 3.8) is 0 Å². The lowest BCUT2D eigenvalue weighted by atomic mass is 10.1. The first-order valence-corrected chi connectivity index (χ1v) is 5.01. The van der Waals surface area contributed by atoms with Gasteiger partial charge in [0, 0.05) is 26.2 Å². The summed E-state index contributed by atoms with van der Waals surface area (Å²) >= 11 is 0. The lowest BCUT2D eigenvalue weighted by Gasteiger charge is -2.39. The van der Waals surface area contributed by atoms with Crippen LogP contribution in [0.3, 0.4) is 0 Å². The summed E-state index contributed by atoms with van der Waals surface area (Å²) in [4.78, 5) is 15.8. The summed E-state index contributed by atoms with van der Waals surface area (Å²) in [5.41, 5.74) is 5.65. The Balaban J connectivity index is 0.00000196. The van der Waals surface area contributed by atoms with E-state index in [-0.39, 0.29) is 24.4 Å². The van der Waals surface area contributed by atoms with Crippen molar-refractivity contribution < 1.29 is 4.79 Å². The first-order valence-electron chi connectivity index (χ1n) is 5.01. The van der Waals surface area contributed by atoms with Crippen molar-refractivity contribution in [3.05, 3.63) is 0 Å². The summed E-state index contributed by atoms with van der Waals surface area (Å²) in [6.45, 7) is 3.55. The summed E-state index contributed by atoms with van der Waals surface area (Å²) in [5.74, 6) is 0.149. The van der Waals surface area contributed by atoms with Gasteiger partial charge in [0.05, 0.1) is 12.6 Å². The molecule has 1 heterocycles. The normalized spacial score (nSPS) is 22.3. The van der Waals surface area contributed by atoms with Crippen LogP contribution in [-0.4, -0.2) is 68.6 Å². The summed E-state index contributed by atoms with van der Waals surface area (Å²) < 4.78 is 0. The Bertz CT molecular complexity index is 203. The molecule has 0 aromatic rings. The third-order valence-electron chi connectivity index (χ3n) is 2.61. The van der Waals surface area contributed by atoms with Gasteiger partial charge < -0.3 is 20.9 Å². The number of hydrogen-bond donors (Lipinski definition) is 2. The smallest absolute Gasteiger partial charge is 0.236 e. The zero-order valence-corrected chi connectivity index (χ0v) is 10.2. The number of nitrogens with one attached hydrogen (secondary N) is 1. The number of amides is 1. The molecule has 1 amide bonds. The van der Waals surface area contributed by atoms with E-state index in [1.165, 1.54) is 0 Å². The minimum Gasteiger partial charge on any atom is -0.335 e. The molecule has 6 heteroatoms.